The Balaban J connectivity index is 2.00. The molecule has 0 fully saturated rings. The highest BCUT2D eigenvalue weighted by Gasteiger charge is 1.98. The Bertz CT molecular complexity index is 267. The zero-order chi connectivity index (χ0) is 11.1. The Labute approximate surface area is 92.1 Å². The molecule has 4 heteroatoms. The Morgan fingerprint density at radius 1 is 1.40 bits per heavy atom. The first-order chi connectivity index (χ1) is 7.20. The lowest BCUT2D eigenvalue weighted by Crippen LogP contribution is -2.17. The number of rotatable bonds is 7. The third-order valence-electron chi connectivity index (χ3n) is 2.47. The Hall–Kier alpha value is -0.900. The van der Waals surface area contributed by atoms with Crippen LogP contribution in [-0.2, 0) is 13.6 Å². The van der Waals surface area contributed by atoms with Crippen molar-refractivity contribution in [2.75, 3.05) is 6.54 Å². The van der Waals surface area contributed by atoms with Crippen molar-refractivity contribution in [3.05, 3.63) is 12.2 Å². The van der Waals surface area contributed by atoms with Gasteiger partial charge in [-0.1, -0.05) is 26.7 Å². The van der Waals surface area contributed by atoms with E-state index in [9.17, 15) is 0 Å². The van der Waals surface area contributed by atoms with Gasteiger partial charge in [-0.15, -0.1) is 0 Å². The van der Waals surface area contributed by atoms with Gasteiger partial charge in [-0.2, -0.15) is 5.10 Å². The van der Waals surface area contributed by atoms with Crippen molar-refractivity contribution >= 4 is 0 Å². The molecule has 0 saturated carbocycles. The minimum Gasteiger partial charge on any atom is -0.310 e. The molecular formula is C11H22N4. The summed E-state index contributed by atoms with van der Waals surface area (Å²) in [5.41, 5.74) is 0. The number of hydrogen-bond donors (Lipinski definition) is 1. The highest BCUT2D eigenvalue weighted by Crippen LogP contribution is 2.05. The summed E-state index contributed by atoms with van der Waals surface area (Å²) >= 11 is 0. The number of nitrogens with one attached hydrogen (secondary N) is 1. The molecule has 1 rings (SSSR count). The molecule has 0 radical (unpaired) electrons. The van der Waals surface area contributed by atoms with E-state index in [1.54, 1.807) is 11.0 Å². The third kappa shape index (κ3) is 4.93. The Kier molecular flexibility index (Phi) is 5.32. The molecule has 0 aliphatic heterocycles. The van der Waals surface area contributed by atoms with E-state index in [4.69, 9.17) is 0 Å². The maximum atomic E-state index is 4.15. The summed E-state index contributed by atoms with van der Waals surface area (Å²) in [7, 11) is 1.92. The normalized spacial score (nSPS) is 11.2. The van der Waals surface area contributed by atoms with E-state index in [1.807, 2.05) is 7.05 Å². The summed E-state index contributed by atoms with van der Waals surface area (Å²) in [5, 5.41) is 7.40. The fraction of sp³-hybridized carbons (Fsp3) is 0.818. The molecule has 86 valence electrons. The van der Waals surface area contributed by atoms with Gasteiger partial charge in [-0.25, -0.2) is 4.98 Å². The van der Waals surface area contributed by atoms with Crippen molar-refractivity contribution in [1.82, 2.24) is 20.1 Å². The van der Waals surface area contributed by atoms with Crippen LogP contribution in [0.3, 0.4) is 0 Å². The van der Waals surface area contributed by atoms with Crippen LogP contribution in [-0.4, -0.2) is 21.3 Å². The van der Waals surface area contributed by atoms with Gasteiger partial charge in [0.2, 0.25) is 0 Å². The molecular weight excluding hydrogens is 188 g/mol. The predicted molar refractivity (Wildman–Crippen MR) is 61.4 cm³/mol. The minimum atomic E-state index is 0.818. The molecule has 0 bridgehead atoms. The first-order valence-electron chi connectivity index (χ1n) is 5.73. The summed E-state index contributed by atoms with van der Waals surface area (Å²) in [6, 6.07) is 0. The second kappa shape index (κ2) is 6.56. The lowest BCUT2D eigenvalue weighted by atomic mass is 10.1. The molecule has 0 saturated heterocycles. The summed E-state index contributed by atoms with van der Waals surface area (Å²) in [6.45, 7) is 6.43. The van der Waals surface area contributed by atoms with Gasteiger partial charge in [0.1, 0.15) is 12.2 Å². The molecule has 0 aromatic carbocycles. The lowest BCUT2D eigenvalue weighted by molar-refractivity contribution is 0.514. The molecule has 1 aromatic rings. The maximum Gasteiger partial charge on any atom is 0.140 e. The van der Waals surface area contributed by atoms with E-state index < -0.39 is 0 Å². The van der Waals surface area contributed by atoms with Crippen LogP contribution in [0, 0.1) is 5.92 Å². The Morgan fingerprint density at radius 3 is 2.80 bits per heavy atom. The van der Waals surface area contributed by atoms with E-state index in [2.05, 4.69) is 29.2 Å². The predicted octanol–water partition coefficient (Wildman–Crippen LogP) is 1.73. The topological polar surface area (TPSA) is 42.7 Å². The molecule has 4 nitrogen and oxygen atoms in total. The summed E-state index contributed by atoms with van der Waals surface area (Å²) < 4.78 is 1.81. The minimum absolute atomic E-state index is 0.818. The van der Waals surface area contributed by atoms with Crippen molar-refractivity contribution in [3.63, 3.8) is 0 Å². The SMILES string of the molecule is CC(C)CCCCNCc1ncnn1C. The highest BCUT2D eigenvalue weighted by atomic mass is 15.3. The quantitative estimate of drug-likeness (QED) is 0.697. The standard InChI is InChI=1S/C11H22N4/c1-10(2)6-4-5-7-12-8-11-13-9-14-15(11)3/h9-10,12H,4-8H2,1-3H3. The van der Waals surface area contributed by atoms with Gasteiger partial charge in [0.25, 0.3) is 0 Å². The van der Waals surface area contributed by atoms with Crippen molar-refractivity contribution in [1.29, 1.82) is 0 Å². The van der Waals surface area contributed by atoms with Crippen LogP contribution in [0.25, 0.3) is 0 Å². The maximum absolute atomic E-state index is 4.15. The van der Waals surface area contributed by atoms with E-state index in [0.29, 0.717) is 0 Å². The van der Waals surface area contributed by atoms with Crippen LogP contribution in [0.5, 0.6) is 0 Å². The molecule has 0 amide bonds. The first kappa shape index (κ1) is 12.2. The third-order valence-corrected chi connectivity index (χ3v) is 2.47. The molecule has 15 heavy (non-hydrogen) atoms. The molecule has 1 heterocycles. The van der Waals surface area contributed by atoms with Gasteiger partial charge in [-0.3, -0.25) is 4.68 Å². The number of aromatic nitrogens is 3. The van der Waals surface area contributed by atoms with Crippen molar-refractivity contribution < 1.29 is 0 Å². The van der Waals surface area contributed by atoms with Gasteiger partial charge in [0, 0.05) is 7.05 Å². The van der Waals surface area contributed by atoms with Gasteiger partial charge < -0.3 is 5.32 Å². The zero-order valence-electron chi connectivity index (χ0n) is 10.0. The van der Waals surface area contributed by atoms with Crippen LogP contribution >= 0.6 is 0 Å². The van der Waals surface area contributed by atoms with E-state index in [0.717, 1.165) is 24.8 Å². The zero-order valence-corrected chi connectivity index (χ0v) is 10.0. The van der Waals surface area contributed by atoms with Gasteiger partial charge >= 0.3 is 0 Å². The number of unbranched alkanes of at least 4 members (excludes halogenated alkanes) is 1. The molecule has 0 spiro atoms. The van der Waals surface area contributed by atoms with Gasteiger partial charge in [-0.05, 0) is 18.9 Å². The molecule has 1 N–H and O–H groups in total. The average molecular weight is 210 g/mol. The van der Waals surface area contributed by atoms with Crippen LogP contribution in [0.4, 0.5) is 0 Å². The Morgan fingerprint density at radius 2 is 2.20 bits per heavy atom. The van der Waals surface area contributed by atoms with Crippen LogP contribution in [0.2, 0.25) is 0 Å². The summed E-state index contributed by atoms with van der Waals surface area (Å²) in [6.07, 6.45) is 5.47. The molecule has 0 aliphatic carbocycles. The van der Waals surface area contributed by atoms with E-state index in [-0.39, 0.29) is 0 Å². The number of hydrogen-bond acceptors (Lipinski definition) is 3. The number of aryl methyl sites for hydroxylation is 1. The van der Waals surface area contributed by atoms with Crippen molar-refractivity contribution in [2.24, 2.45) is 13.0 Å². The fourth-order valence-corrected chi connectivity index (χ4v) is 1.48. The van der Waals surface area contributed by atoms with Crippen molar-refractivity contribution in [2.45, 2.75) is 39.7 Å². The summed E-state index contributed by atoms with van der Waals surface area (Å²) in [4.78, 5) is 4.15. The monoisotopic (exact) mass is 210 g/mol. The average Bonchev–Trinajstić information content (AvgIpc) is 2.57. The van der Waals surface area contributed by atoms with Gasteiger partial charge in [0.05, 0.1) is 6.54 Å². The summed E-state index contributed by atoms with van der Waals surface area (Å²) in [5.74, 6) is 1.82. The fourth-order valence-electron chi connectivity index (χ4n) is 1.48. The number of nitrogens with zero attached hydrogens (tertiary/aromatic N) is 3. The van der Waals surface area contributed by atoms with Crippen molar-refractivity contribution in [3.8, 4) is 0 Å². The largest absolute Gasteiger partial charge is 0.310 e. The lowest BCUT2D eigenvalue weighted by Gasteiger charge is -2.05. The van der Waals surface area contributed by atoms with Crippen LogP contribution in [0.1, 0.15) is 38.9 Å². The molecule has 0 atom stereocenters. The second-order valence-corrected chi connectivity index (χ2v) is 4.37. The second-order valence-electron chi connectivity index (χ2n) is 4.37. The van der Waals surface area contributed by atoms with Gasteiger partial charge in [0.15, 0.2) is 0 Å². The first-order valence-corrected chi connectivity index (χ1v) is 5.73. The molecule has 0 aliphatic rings. The van der Waals surface area contributed by atoms with Crippen LogP contribution in [0.15, 0.2) is 6.33 Å². The van der Waals surface area contributed by atoms with E-state index >= 15 is 0 Å². The smallest absolute Gasteiger partial charge is 0.140 e. The van der Waals surface area contributed by atoms with E-state index in [1.165, 1.54) is 19.3 Å². The van der Waals surface area contributed by atoms with Crippen LogP contribution < -0.4 is 5.32 Å². The molecule has 1 aromatic heterocycles. The molecule has 0 unspecified atom stereocenters. The highest BCUT2D eigenvalue weighted by molar-refractivity contribution is 4.81.